The van der Waals surface area contributed by atoms with Gasteiger partial charge in [0.05, 0.1) is 23.2 Å². The van der Waals surface area contributed by atoms with Gasteiger partial charge in [-0.25, -0.2) is 4.39 Å². The molecular weight excluding hydrogens is 475 g/mol. The minimum Gasteiger partial charge on any atom is -0.481 e. The molecule has 0 aliphatic heterocycles. The zero-order chi connectivity index (χ0) is 21.3. The van der Waals surface area contributed by atoms with E-state index in [2.05, 4.69) is 31.1 Å². The molecular formula is C21H13BrClFN4O2. The van der Waals surface area contributed by atoms with E-state index in [0.717, 1.165) is 5.39 Å². The van der Waals surface area contributed by atoms with Gasteiger partial charge in [-0.2, -0.15) is 15.3 Å². The molecule has 2 aromatic carbocycles. The number of hydrogen-bond donors (Lipinski definition) is 1. The maximum absolute atomic E-state index is 15.3. The lowest BCUT2D eigenvalue weighted by Gasteiger charge is -2.12. The van der Waals surface area contributed by atoms with E-state index in [-0.39, 0.29) is 17.9 Å². The van der Waals surface area contributed by atoms with Gasteiger partial charge in [-0.05, 0) is 51.8 Å². The van der Waals surface area contributed by atoms with Crippen LogP contribution in [-0.2, 0) is 6.42 Å². The Morgan fingerprint density at radius 2 is 2.07 bits per heavy atom. The molecule has 0 aliphatic rings. The lowest BCUT2D eigenvalue weighted by Crippen LogP contribution is -1.98. The molecule has 0 fully saturated rings. The summed E-state index contributed by atoms with van der Waals surface area (Å²) < 4.78 is 26.6. The Labute approximate surface area is 184 Å². The summed E-state index contributed by atoms with van der Waals surface area (Å²) in [6.45, 7) is 0. The number of aromatic amines is 1. The molecule has 0 bridgehead atoms. The van der Waals surface area contributed by atoms with Crippen LogP contribution in [0.5, 0.6) is 17.4 Å². The van der Waals surface area contributed by atoms with Crippen LogP contribution < -0.4 is 9.47 Å². The fourth-order valence-electron chi connectivity index (χ4n) is 2.98. The number of nitrogens with zero attached hydrogens (tertiary/aromatic N) is 3. The number of rotatable bonds is 5. The molecule has 150 valence electrons. The summed E-state index contributed by atoms with van der Waals surface area (Å²) in [6.07, 6.45) is 0.249. The van der Waals surface area contributed by atoms with Crippen LogP contribution in [0.1, 0.15) is 16.8 Å². The number of pyridine rings is 1. The van der Waals surface area contributed by atoms with E-state index < -0.39 is 5.82 Å². The van der Waals surface area contributed by atoms with E-state index >= 15 is 4.39 Å². The number of ether oxygens (including phenoxy) is 2. The molecule has 0 spiro atoms. The fourth-order valence-corrected chi connectivity index (χ4v) is 3.59. The molecule has 0 radical (unpaired) electrons. The molecule has 0 unspecified atom stereocenters. The van der Waals surface area contributed by atoms with Gasteiger partial charge in [0.1, 0.15) is 5.75 Å². The third-order valence-corrected chi connectivity index (χ3v) is 5.24. The molecule has 1 N–H and O–H groups in total. The summed E-state index contributed by atoms with van der Waals surface area (Å²) in [4.78, 5) is 4.26. The number of nitriles is 1. The summed E-state index contributed by atoms with van der Waals surface area (Å²) in [6, 6.07) is 13.4. The number of benzene rings is 2. The van der Waals surface area contributed by atoms with Gasteiger partial charge in [-0.15, -0.1) is 0 Å². The quantitative estimate of drug-likeness (QED) is 0.386. The molecule has 0 saturated carbocycles. The molecule has 0 amide bonds. The molecule has 4 rings (SSSR count). The maximum Gasteiger partial charge on any atom is 0.215 e. The molecule has 4 aromatic rings. The second-order valence-electron chi connectivity index (χ2n) is 6.34. The third-order valence-electron chi connectivity index (χ3n) is 4.40. The molecule has 0 atom stereocenters. The topological polar surface area (TPSA) is 83.8 Å². The van der Waals surface area contributed by atoms with E-state index in [4.69, 9.17) is 26.3 Å². The fraction of sp³-hybridized carbons (Fsp3) is 0.0952. The first-order valence-corrected chi connectivity index (χ1v) is 9.89. The van der Waals surface area contributed by atoms with E-state index in [1.54, 1.807) is 18.2 Å². The van der Waals surface area contributed by atoms with E-state index in [1.165, 1.54) is 25.3 Å². The van der Waals surface area contributed by atoms with E-state index in [0.29, 0.717) is 37.8 Å². The van der Waals surface area contributed by atoms with Crippen LogP contribution in [0.25, 0.3) is 11.0 Å². The van der Waals surface area contributed by atoms with Crippen LogP contribution in [-0.4, -0.2) is 22.3 Å². The van der Waals surface area contributed by atoms with Crippen molar-refractivity contribution in [1.29, 1.82) is 5.26 Å². The number of nitrogens with one attached hydrogen (secondary N) is 1. The average molecular weight is 488 g/mol. The standard InChI is InChI=1S/C21H13BrClFN4O2/c1-29-18-5-3-15-17(27-28-21(15)26-18)8-12-2-4-16(22)20(19(12)24)30-14-7-11(10-25)6-13(23)9-14/h2-7,9H,8H2,1H3,(H,26,27,28). The first-order chi connectivity index (χ1) is 14.5. The zero-order valence-electron chi connectivity index (χ0n) is 15.5. The predicted molar refractivity (Wildman–Crippen MR) is 114 cm³/mol. The van der Waals surface area contributed by atoms with Crippen LogP contribution >= 0.6 is 27.5 Å². The van der Waals surface area contributed by atoms with Gasteiger partial charge in [0.15, 0.2) is 17.2 Å². The minimum absolute atomic E-state index is 0.00210. The minimum atomic E-state index is -0.535. The number of aromatic nitrogens is 3. The Morgan fingerprint density at radius 1 is 1.23 bits per heavy atom. The van der Waals surface area contributed by atoms with Crippen molar-refractivity contribution in [2.24, 2.45) is 0 Å². The number of halogens is 3. The molecule has 9 heteroatoms. The van der Waals surface area contributed by atoms with Crippen molar-refractivity contribution in [2.75, 3.05) is 7.11 Å². The maximum atomic E-state index is 15.3. The van der Waals surface area contributed by atoms with E-state index in [1.807, 2.05) is 12.1 Å². The average Bonchev–Trinajstić information content (AvgIpc) is 3.14. The lowest BCUT2D eigenvalue weighted by atomic mass is 10.1. The van der Waals surface area contributed by atoms with Crippen molar-refractivity contribution in [2.45, 2.75) is 6.42 Å². The molecule has 6 nitrogen and oxygen atoms in total. The van der Waals surface area contributed by atoms with E-state index in [9.17, 15) is 0 Å². The van der Waals surface area contributed by atoms with Gasteiger partial charge in [-0.1, -0.05) is 17.7 Å². The second-order valence-corrected chi connectivity index (χ2v) is 7.63. The van der Waals surface area contributed by atoms with Crippen LogP contribution in [0.3, 0.4) is 0 Å². The number of H-pyrrole nitrogens is 1. The molecule has 0 aliphatic carbocycles. The van der Waals surface area contributed by atoms with Gasteiger partial charge >= 0.3 is 0 Å². The van der Waals surface area contributed by atoms with Gasteiger partial charge in [0.2, 0.25) is 5.88 Å². The first kappa shape index (κ1) is 20.1. The monoisotopic (exact) mass is 486 g/mol. The summed E-state index contributed by atoms with van der Waals surface area (Å²) >= 11 is 9.33. The van der Waals surface area contributed by atoms with Crippen LogP contribution in [0.15, 0.2) is 46.9 Å². The van der Waals surface area contributed by atoms with Gasteiger partial charge in [0.25, 0.3) is 0 Å². The van der Waals surface area contributed by atoms with Crippen LogP contribution in [0, 0.1) is 17.1 Å². The highest BCUT2D eigenvalue weighted by atomic mass is 79.9. The summed E-state index contributed by atoms with van der Waals surface area (Å²) in [5.41, 5.74) is 1.91. The van der Waals surface area contributed by atoms with Crippen molar-refractivity contribution in [3.05, 3.63) is 74.6 Å². The number of hydrogen-bond acceptors (Lipinski definition) is 5. The van der Waals surface area contributed by atoms with Crippen molar-refractivity contribution >= 4 is 38.6 Å². The third kappa shape index (κ3) is 3.95. The highest BCUT2D eigenvalue weighted by Crippen LogP contribution is 2.36. The predicted octanol–water partition coefficient (Wildman–Crippen LogP) is 5.78. The molecule has 2 heterocycles. The van der Waals surface area contributed by atoms with Crippen molar-refractivity contribution in [3.8, 4) is 23.4 Å². The summed E-state index contributed by atoms with van der Waals surface area (Å²) in [7, 11) is 1.53. The highest BCUT2D eigenvalue weighted by molar-refractivity contribution is 9.10. The normalized spacial score (nSPS) is 10.8. The Bertz CT molecular complexity index is 1300. The van der Waals surface area contributed by atoms with Crippen molar-refractivity contribution in [3.63, 3.8) is 0 Å². The van der Waals surface area contributed by atoms with Crippen molar-refractivity contribution < 1.29 is 13.9 Å². The molecule has 2 aromatic heterocycles. The first-order valence-electron chi connectivity index (χ1n) is 8.72. The largest absolute Gasteiger partial charge is 0.481 e. The SMILES string of the molecule is COc1ccc2c(Cc3ccc(Br)c(Oc4cc(Cl)cc(C#N)c4)c3F)[nH]nc2n1. The van der Waals surface area contributed by atoms with Gasteiger partial charge in [0, 0.05) is 28.6 Å². The Morgan fingerprint density at radius 3 is 2.83 bits per heavy atom. The van der Waals surface area contributed by atoms with Gasteiger partial charge in [-0.3, -0.25) is 5.10 Å². The highest BCUT2D eigenvalue weighted by Gasteiger charge is 2.18. The number of methoxy groups -OCH3 is 1. The lowest BCUT2D eigenvalue weighted by molar-refractivity contribution is 0.399. The van der Waals surface area contributed by atoms with Crippen LogP contribution in [0.2, 0.25) is 5.02 Å². The Hall–Kier alpha value is -3.15. The smallest absolute Gasteiger partial charge is 0.215 e. The van der Waals surface area contributed by atoms with Crippen LogP contribution in [0.4, 0.5) is 4.39 Å². The second kappa shape index (κ2) is 8.30. The van der Waals surface area contributed by atoms with Gasteiger partial charge < -0.3 is 9.47 Å². The molecule has 30 heavy (non-hydrogen) atoms. The Balaban J connectivity index is 1.68. The summed E-state index contributed by atoms with van der Waals surface area (Å²) in [5, 5.41) is 17.3. The zero-order valence-corrected chi connectivity index (χ0v) is 17.9. The Kier molecular flexibility index (Phi) is 5.57. The molecule has 0 saturated heterocycles. The number of fused-ring (bicyclic) bond motifs is 1. The summed E-state index contributed by atoms with van der Waals surface area (Å²) in [5.74, 6) is 0.178. The van der Waals surface area contributed by atoms with Crippen molar-refractivity contribution in [1.82, 2.24) is 15.2 Å².